The SMILES string of the molecule is CC(C)N1C[C@@H](C(=O)Nc2ccc(C(=O)N3CCC[C@H](C(=O)O)C3)cc2)CC1=O. The fourth-order valence-corrected chi connectivity index (χ4v) is 3.89. The van der Waals surface area contributed by atoms with Crippen molar-refractivity contribution >= 4 is 29.4 Å². The third kappa shape index (κ3) is 4.75. The van der Waals surface area contributed by atoms with E-state index in [1.54, 1.807) is 34.1 Å². The molecule has 2 atom stereocenters. The van der Waals surface area contributed by atoms with Crippen LogP contribution in [0.2, 0.25) is 0 Å². The van der Waals surface area contributed by atoms with Gasteiger partial charge in [-0.25, -0.2) is 0 Å². The highest BCUT2D eigenvalue weighted by molar-refractivity contribution is 5.98. The van der Waals surface area contributed by atoms with E-state index < -0.39 is 11.9 Å². The molecule has 29 heavy (non-hydrogen) atoms. The van der Waals surface area contributed by atoms with Crippen LogP contribution in [0.1, 0.15) is 43.5 Å². The molecule has 0 bridgehead atoms. The minimum atomic E-state index is -0.873. The van der Waals surface area contributed by atoms with Gasteiger partial charge in [-0.15, -0.1) is 0 Å². The lowest BCUT2D eigenvalue weighted by atomic mass is 9.97. The summed E-state index contributed by atoms with van der Waals surface area (Å²) in [5, 5.41) is 12.0. The van der Waals surface area contributed by atoms with Gasteiger partial charge in [-0.2, -0.15) is 0 Å². The maximum absolute atomic E-state index is 12.6. The number of hydrogen-bond acceptors (Lipinski definition) is 4. The minimum absolute atomic E-state index is 0.0118. The topological polar surface area (TPSA) is 107 Å². The Hall–Kier alpha value is -2.90. The zero-order chi connectivity index (χ0) is 21.1. The predicted molar refractivity (Wildman–Crippen MR) is 106 cm³/mol. The molecule has 0 spiro atoms. The van der Waals surface area contributed by atoms with Crippen molar-refractivity contribution in [1.82, 2.24) is 9.80 Å². The largest absolute Gasteiger partial charge is 0.481 e. The predicted octanol–water partition coefficient (Wildman–Crippen LogP) is 1.82. The van der Waals surface area contributed by atoms with Gasteiger partial charge in [0.2, 0.25) is 11.8 Å². The zero-order valence-corrected chi connectivity index (χ0v) is 16.8. The van der Waals surface area contributed by atoms with Crippen molar-refractivity contribution < 1.29 is 24.3 Å². The first-order valence-corrected chi connectivity index (χ1v) is 9.98. The number of nitrogens with zero attached hydrogens (tertiary/aromatic N) is 2. The molecule has 3 amide bonds. The number of nitrogens with one attached hydrogen (secondary N) is 1. The second-order valence-corrected chi connectivity index (χ2v) is 8.04. The number of carbonyl (C=O) groups excluding carboxylic acids is 3. The van der Waals surface area contributed by atoms with Crippen molar-refractivity contribution in [3.8, 4) is 0 Å². The number of rotatable bonds is 5. The molecule has 3 rings (SSSR count). The van der Waals surface area contributed by atoms with E-state index in [4.69, 9.17) is 0 Å². The van der Waals surface area contributed by atoms with Crippen LogP contribution in [0.3, 0.4) is 0 Å². The summed E-state index contributed by atoms with van der Waals surface area (Å²) in [5.74, 6) is -2.20. The lowest BCUT2D eigenvalue weighted by Gasteiger charge is -2.30. The maximum atomic E-state index is 12.6. The number of hydrogen-bond donors (Lipinski definition) is 2. The van der Waals surface area contributed by atoms with Gasteiger partial charge in [0.05, 0.1) is 11.8 Å². The van der Waals surface area contributed by atoms with Crippen LogP contribution in [0.4, 0.5) is 5.69 Å². The van der Waals surface area contributed by atoms with Gasteiger partial charge in [0, 0.05) is 43.3 Å². The number of carbonyl (C=O) groups is 4. The Labute approximate surface area is 169 Å². The van der Waals surface area contributed by atoms with Crippen LogP contribution >= 0.6 is 0 Å². The average molecular weight is 401 g/mol. The van der Waals surface area contributed by atoms with E-state index in [1.165, 1.54) is 0 Å². The van der Waals surface area contributed by atoms with Gasteiger partial charge in [-0.3, -0.25) is 19.2 Å². The van der Waals surface area contributed by atoms with E-state index in [9.17, 15) is 24.3 Å². The third-order valence-electron chi connectivity index (χ3n) is 5.61. The number of anilines is 1. The van der Waals surface area contributed by atoms with Crippen molar-refractivity contribution in [3.63, 3.8) is 0 Å². The maximum Gasteiger partial charge on any atom is 0.308 e. The molecule has 1 aromatic carbocycles. The fraction of sp³-hybridized carbons (Fsp3) is 0.524. The molecular formula is C21H27N3O5. The van der Waals surface area contributed by atoms with Crippen LogP contribution < -0.4 is 5.32 Å². The Morgan fingerprint density at radius 3 is 2.38 bits per heavy atom. The van der Waals surface area contributed by atoms with Gasteiger partial charge in [0.15, 0.2) is 0 Å². The van der Waals surface area contributed by atoms with E-state index >= 15 is 0 Å². The van der Waals surface area contributed by atoms with Crippen molar-refractivity contribution in [2.45, 2.75) is 39.2 Å². The van der Waals surface area contributed by atoms with Gasteiger partial charge in [-0.05, 0) is 51.0 Å². The number of carboxylic acids is 1. The van der Waals surface area contributed by atoms with Gasteiger partial charge < -0.3 is 20.2 Å². The van der Waals surface area contributed by atoms with Crippen LogP contribution in [-0.2, 0) is 14.4 Å². The number of benzene rings is 1. The van der Waals surface area contributed by atoms with Crippen molar-refractivity contribution in [2.75, 3.05) is 25.0 Å². The standard InChI is InChI=1S/C21H27N3O5/c1-13(2)24-12-16(10-18(24)25)19(26)22-17-7-5-14(6-8-17)20(27)23-9-3-4-15(11-23)21(28)29/h5-8,13,15-16H,3-4,9-12H2,1-2H3,(H,22,26)(H,28,29)/t15-,16-/m0/s1. The molecule has 8 nitrogen and oxygen atoms in total. The Kier molecular flexibility index (Phi) is 6.20. The highest BCUT2D eigenvalue weighted by Gasteiger charge is 2.35. The normalized spacial score (nSPS) is 22.1. The molecular weight excluding hydrogens is 374 g/mol. The summed E-state index contributed by atoms with van der Waals surface area (Å²) in [6, 6.07) is 6.63. The van der Waals surface area contributed by atoms with Crippen LogP contribution in [0, 0.1) is 11.8 Å². The number of aliphatic carboxylic acids is 1. The fourth-order valence-electron chi connectivity index (χ4n) is 3.89. The van der Waals surface area contributed by atoms with Crippen LogP contribution in [0.15, 0.2) is 24.3 Å². The van der Waals surface area contributed by atoms with Crippen LogP contribution in [0.25, 0.3) is 0 Å². The molecule has 0 saturated carbocycles. The Morgan fingerprint density at radius 1 is 1.10 bits per heavy atom. The molecule has 2 N–H and O–H groups in total. The van der Waals surface area contributed by atoms with E-state index in [1.807, 2.05) is 13.8 Å². The summed E-state index contributed by atoms with van der Waals surface area (Å²) in [5.41, 5.74) is 1.01. The second kappa shape index (κ2) is 8.63. The number of carboxylic acid groups (broad SMARTS) is 1. The number of amides is 3. The molecule has 0 aliphatic carbocycles. The van der Waals surface area contributed by atoms with Gasteiger partial charge in [0.25, 0.3) is 5.91 Å². The summed E-state index contributed by atoms with van der Waals surface area (Å²) < 4.78 is 0. The second-order valence-electron chi connectivity index (χ2n) is 8.04. The Bertz CT molecular complexity index is 805. The molecule has 156 valence electrons. The summed E-state index contributed by atoms with van der Waals surface area (Å²) in [4.78, 5) is 51.6. The average Bonchev–Trinajstić information content (AvgIpc) is 3.10. The summed E-state index contributed by atoms with van der Waals surface area (Å²) >= 11 is 0. The van der Waals surface area contributed by atoms with Crippen molar-refractivity contribution in [3.05, 3.63) is 29.8 Å². The van der Waals surface area contributed by atoms with Gasteiger partial charge >= 0.3 is 5.97 Å². The molecule has 0 unspecified atom stereocenters. The molecule has 2 aliphatic rings. The van der Waals surface area contributed by atoms with E-state index in [0.29, 0.717) is 37.2 Å². The van der Waals surface area contributed by atoms with Crippen LogP contribution in [0.5, 0.6) is 0 Å². The lowest BCUT2D eigenvalue weighted by molar-refractivity contribution is -0.143. The zero-order valence-electron chi connectivity index (χ0n) is 16.8. The number of likely N-dealkylation sites (tertiary alicyclic amines) is 2. The Balaban J connectivity index is 1.59. The van der Waals surface area contributed by atoms with E-state index in [2.05, 4.69) is 5.32 Å². The van der Waals surface area contributed by atoms with Gasteiger partial charge in [0.1, 0.15) is 0 Å². The highest BCUT2D eigenvalue weighted by Crippen LogP contribution is 2.23. The van der Waals surface area contributed by atoms with Crippen molar-refractivity contribution in [1.29, 1.82) is 0 Å². The molecule has 1 aromatic rings. The quantitative estimate of drug-likeness (QED) is 0.783. The summed E-state index contributed by atoms with van der Waals surface area (Å²) in [7, 11) is 0. The highest BCUT2D eigenvalue weighted by atomic mass is 16.4. The van der Waals surface area contributed by atoms with Crippen LogP contribution in [-0.4, -0.2) is 64.3 Å². The van der Waals surface area contributed by atoms with E-state index in [-0.39, 0.29) is 42.6 Å². The smallest absolute Gasteiger partial charge is 0.308 e. The molecule has 2 aliphatic heterocycles. The molecule has 2 heterocycles. The van der Waals surface area contributed by atoms with E-state index in [0.717, 1.165) is 0 Å². The summed E-state index contributed by atoms with van der Waals surface area (Å²) in [6.45, 7) is 5.03. The Morgan fingerprint density at radius 2 is 1.79 bits per heavy atom. The first-order chi connectivity index (χ1) is 13.8. The first kappa shape index (κ1) is 20.8. The first-order valence-electron chi connectivity index (χ1n) is 9.98. The lowest BCUT2D eigenvalue weighted by Crippen LogP contribution is -2.42. The summed E-state index contributed by atoms with van der Waals surface area (Å²) in [6.07, 6.45) is 1.46. The molecule has 0 radical (unpaired) electrons. The number of piperidine rings is 1. The van der Waals surface area contributed by atoms with Gasteiger partial charge in [-0.1, -0.05) is 0 Å². The minimum Gasteiger partial charge on any atom is -0.481 e. The molecule has 0 aromatic heterocycles. The third-order valence-corrected chi connectivity index (χ3v) is 5.61. The van der Waals surface area contributed by atoms with Crippen molar-refractivity contribution in [2.24, 2.45) is 11.8 Å². The molecule has 2 saturated heterocycles. The monoisotopic (exact) mass is 401 g/mol. The molecule has 2 fully saturated rings. The molecule has 8 heteroatoms.